The molecule has 0 radical (unpaired) electrons. The summed E-state index contributed by atoms with van der Waals surface area (Å²) in [5.74, 6) is 0.311. The summed E-state index contributed by atoms with van der Waals surface area (Å²) in [5.41, 5.74) is 0. The van der Waals surface area contributed by atoms with Crippen molar-refractivity contribution in [2.75, 3.05) is 39.5 Å². The van der Waals surface area contributed by atoms with E-state index in [4.69, 9.17) is 13.9 Å². The summed E-state index contributed by atoms with van der Waals surface area (Å²) in [7, 11) is 0. The van der Waals surface area contributed by atoms with Crippen molar-refractivity contribution < 1.29 is 23.5 Å². The fourth-order valence-corrected chi connectivity index (χ4v) is 3.42. The maximum Gasteiger partial charge on any atom is 0.289 e. The van der Waals surface area contributed by atoms with Crippen LogP contribution in [0.4, 0.5) is 0 Å². The molecule has 0 saturated carbocycles. The van der Waals surface area contributed by atoms with E-state index in [2.05, 4.69) is 5.32 Å². The molecule has 1 aromatic rings. The van der Waals surface area contributed by atoms with Crippen LogP contribution in [0.2, 0.25) is 0 Å². The Balaban J connectivity index is 1.26. The average Bonchev–Trinajstić information content (AvgIpc) is 3.38. The number of ether oxygens (including phenoxy) is 2. The van der Waals surface area contributed by atoms with E-state index in [1.807, 2.05) is 0 Å². The van der Waals surface area contributed by atoms with Crippen LogP contribution in [0.15, 0.2) is 22.8 Å². The second kappa shape index (κ2) is 9.73. The molecule has 0 spiro atoms. The first-order valence-electron chi connectivity index (χ1n) is 9.54. The number of rotatable bonds is 8. The molecule has 0 aliphatic carbocycles. The zero-order valence-electron chi connectivity index (χ0n) is 15.2. The maximum atomic E-state index is 12.3. The number of amides is 2. The molecule has 7 heteroatoms. The van der Waals surface area contributed by atoms with Gasteiger partial charge in [0.15, 0.2) is 5.76 Å². The van der Waals surface area contributed by atoms with Crippen molar-refractivity contribution in [2.24, 2.45) is 5.92 Å². The van der Waals surface area contributed by atoms with Gasteiger partial charge in [-0.3, -0.25) is 9.59 Å². The molecule has 26 heavy (non-hydrogen) atoms. The first-order chi connectivity index (χ1) is 12.7. The van der Waals surface area contributed by atoms with Crippen LogP contribution in [0.25, 0.3) is 0 Å². The molecule has 1 aromatic heterocycles. The summed E-state index contributed by atoms with van der Waals surface area (Å²) in [6.07, 6.45) is 6.13. The van der Waals surface area contributed by atoms with Crippen molar-refractivity contribution in [1.82, 2.24) is 10.2 Å². The van der Waals surface area contributed by atoms with Crippen LogP contribution >= 0.6 is 0 Å². The van der Waals surface area contributed by atoms with E-state index in [1.165, 1.54) is 6.26 Å². The van der Waals surface area contributed by atoms with Gasteiger partial charge in [0.05, 0.1) is 19.0 Å². The third kappa shape index (κ3) is 5.32. The Hall–Kier alpha value is -1.86. The first kappa shape index (κ1) is 18.9. The van der Waals surface area contributed by atoms with Crippen molar-refractivity contribution in [1.29, 1.82) is 0 Å². The molecule has 1 atom stereocenters. The molecular weight excluding hydrogens is 336 g/mol. The van der Waals surface area contributed by atoms with Gasteiger partial charge >= 0.3 is 0 Å². The lowest BCUT2D eigenvalue weighted by Gasteiger charge is -2.30. The number of piperidine rings is 1. The predicted octanol–water partition coefficient (Wildman–Crippen LogP) is 1.83. The van der Waals surface area contributed by atoms with Crippen molar-refractivity contribution >= 4 is 11.8 Å². The Bertz CT molecular complexity index is 560. The predicted molar refractivity (Wildman–Crippen MR) is 94.8 cm³/mol. The number of carbonyl (C=O) groups excluding carboxylic acids is 2. The average molecular weight is 364 g/mol. The van der Waals surface area contributed by atoms with Crippen LogP contribution in [0.1, 0.15) is 42.7 Å². The topological polar surface area (TPSA) is 81.0 Å². The Morgan fingerprint density at radius 1 is 1.27 bits per heavy atom. The van der Waals surface area contributed by atoms with Crippen molar-refractivity contribution in [3.63, 3.8) is 0 Å². The number of furan rings is 1. The minimum Gasteiger partial charge on any atom is -0.459 e. The third-order valence-corrected chi connectivity index (χ3v) is 4.98. The fourth-order valence-electron chi connectivity index (χ4n) is 3.42. The molecular formula is C19H28N2O5. The zero-order chi connectivity index (χ0) is 18.2. The molecule has 2 amide bonds. The highest BCUT2D eigenvalue weighted by Crippen LogP contribution is 2.19. The van der Waals surface area contributed by atoms with Crippen LogP contribution < -0.4 is 5.32 Å². The van der Waals surface area contributed by atoms with Gasteiger partial charge in [0.25, 0.3) is 5.91 Å². The van der Waals surface area contributed by atoms with Crippen LogP contribution in [-0.4, -0.2) is 62.3 Å². The Morgan fingerprint density at radius 3 is 2.81 bits per heavy atom. The monoisotopic (exact) mass is 364 g/mol. The molecule has 3 heterocycles. The molecule has 1 unspecified atom stereocenters. The summed E-state index contributed by atoms with van der Waals surface area (Å²) in [6.45, 7) is 3.92. The Morgan fingerprint density at radius 2 is 2.12 bits per heavy atom. The molecule has 7 nitrogen and oxygen atoms in total. The molecule has 1 N–H and O–H groups in total. The lowest BCUT2D eigenvalue weighted by atomic mass is 9.95. The quantitative estimate of drug-likeness (QED) is 0.712. The van der Waals surface area contributed by atoms with Gasteiger partial charge < -0.3 is 24.1 Å². The number of nitrogens with one attached hydrogen (secondary N) is 1. The number of hydrogen-bond donors (Lipinski definition) is 1. The lowest BCUT2D eigenvalue weighted by molar-refractivity contribution is -0.126. The zero-order valence-corrected chi connectivity index (χ0v) is 15.2. The van der Waals surface area contributed by atoms with E-state index in [1.54, 1.807) is 17.0 Å². The summed E-state index contributed by atoms with van der Waals surface area (Å²) < 4.78 is 16.2. The highest BCUT2D eigenvalue weighted by Gasteiger charge is 2.28. The van der Waals surface area contributed by atoms with E-state index in [0.29, 0.717) is 51.4 Å². The maximum absolute atomic E-state index is 12.3. The first-order valence-corrected chi connectivity index (χ1v) is 9.54. The van der Waals surface area contributed by atoms with Gasteiger partial charge in [0, 0.05) is 38.8 Å². The van der Waals surface area contributed by atoms with E-state index in [-0.39, 0.29) is 23.8 Å². The van der Waals surface area contributed by atoms with Gasteiger partial charge in [-0.25, -0.2) is 0 Å². The van der Waals surface area contributed by atoms with E-state index < -0.39 is 0 Å². The van der Waals surface area contributed by atoms with Crippen LogP contribution in [0.3, 0.4) is 0 Å². The SMILES string of the molecule is O=C(NCCCOCC1CCCO1)C1CCN(C(=O)c2ccco2)CC1. The molecule has 2 fully saturated rings. The largest absolute Gasteiger partial charge is 0.459 e. The van der Waals surface area contributed by atoms with Crippen LogP contribution in [0.5, 0.6) is 0 Å². The van der Waals surface area contributed by atoms with Crippen molar-refractivity contribution in [3.8, 4) is 0 Å². The highest BCUT2D eigenvalue weighted by atomic mass is 16.5. The summed E-state index contributed by atoms with van der Waals surface area (Å²) in [6, 6.07) is 3.37. The summed E-state index contributed by atoms with van der Waals surface area (Å²) in [4.78, 5) is 26.2. The molecule has 2 saturated heterocycles. The van der Waals surface area contributed by atoms with Gasteiger partial charge in [0.1, 0.15) is 0 Å². The molecule has 144 valence electrons. The number of carbonyl (C=O) groups is 2. The van der Waals surface area contributed by atoms with E-state index in [9.17, 15) is 9.59 Å². The molecule has 3 rings (SSSR count). The highest BCUT2D eigenvalue weighted by molar-refractivity contribution is 5.91. The van der Waals surface area contributed by atoms with Gasteiger partial charge in [-0.1, -0.05) is 0 Å². The fraction of sp³-hybridized carbons (Fsp3) is 0.684. The smallest absolute Gasteiger partial charge is 0.289 e. The molecule has 0 aromatic carbocycles. The third-order valence-electron chi connectivity index (χ3n) is 4.98. The Labute approximate surface area is 154 Å². The number of nitrogens with zero attached hydrogens (tertiary/aromatic N) is 1. The normalized spacial score (nSPS) is 21.1. The van der Waals surface area contributed by atoms with E-state index in [0.717, 1.165) is 25.9 Å². The molecule has 2 aliphatic heterocycles. The summed E-state index contributed by atoms with van der Waals surface area (Å²) >= 11 is 0. The second-order valence-electron chi connectivity index (χ2n) is 6.90. The van der Waals surface area contributed by atoms with Gasteiger partial charge in [-0.2, -0.15) is 0 Å². The minimum atomic E-state index is -0.0998. The van der Waals surface area contributed by atoms with Crippen LogP contribution in [0, 0.1) is 5.92 Å². The number of likely N-dealkylation sites (tertiary alicyclic amines) is 1. The van der Waals surface area contributed by atoms with Crippen LogP contribution in [-0.2, 0) is 14.3 Å². The summed E-state index contributed by atoms with van der Waals surface area (Å²) in [5, 5.41) is 2.98. The standard InChI is InChI=1S/C19H28N2O5/c22-18(20-8-3-11-24-14-16-4-1-12-25-16)15-6-9-21(10-7-15)19(23)17-5-2-13-26-17/h2,5,13,15-16H,1,3-4,6-12,14H2,(H,20,22). The van der Waals surface area contributed by atoms with Gasteiger partial charge in [-0.05, 0) is 44.2 Å². The number of hydrogen-bond acceptors (Lipinski definition) is 5. The van der Waals surface area contributed by atoms with E-state index >= 15 is 0 Å². The second-order valence-corrected chi connectivity index (χ2v) is 6.90. The molecule has 2 aliphatic rings. The molecule has 0 bridgehead atoms. The Kier molecular flexibility index (Phi) is 7.08. The minimum absolute atomic E-state index is 0.0246. The lowest BCUT2D eigenvalue weighted by Crippen LogP contribution is -2.43. The van der Waals surface area contributed by atoms with Gasteiger partial charge in [0.2, 0.25) is 5.91 Å². The van der Waals surface area contributed by atoms with Crippen molar-refractivity contribution in [2.45, 2.75) is 38.2 Å². The van der Waals surface area contributed by atoms with Crippen molar-refractivity contribution in [3.05, 3.63) is 24.2 Å². The van der Waals surface area contributed by atoms with Gasteiger partial charge in [-0.15, -0.1) is 0 Å².